The highest BCUT2D eigenvalue weighted by Gasteiger charge is 2.43. The number of nitrogens with zero attached hydrogens (tertiary/aromatic N) is 2. The van der Waals surface area contributed by atoms with Crippen molar-refractivity contribution < 1.29 is 28.2 Å². The van der Waals surface area contributed by atoms with Gasteiger partial charge in [-0.1, -0.05) is 19.1 Å². The van der Waals surface area contributed by atoms with E-state index in [-0.39, 0.29) is 29.5 Å². The number of halogens is 2. The van der Waals surface area contributed by atoms with Crippen LogP contribution in [-0.4, -0.2) is 48.1 Å². The summed E-state index contributed by atoms with van der Waals surface area (Å²) >= 11 is 0. The van der Waals surface area contributed by atoms with Gasteiger partial charge in [0.15, 0.2) is 11.6 Å². The Morgan fingerprint density at radius 1 is 1.06 bits per heavy atom. The molecule has 4 rings (SSSR count). The van der Waals surface area contributed by atoms with Gasteiger partial charge >= 0.3 is 0 Å². The lowest BCUT2D eigenvalue weighted by atomic mass is 9.97. The Morgan fingerprint density at radius 2 is 1.82 bits per heavy atom. The summed E-state index contributed by atoms with van der Waals surface area (Å²) in [7, 11) is 0. The van der Waals surface area contributed by atoms with Crippen LogP contribution < -0.4 is 9.64 Å². The highest BCUT2D eigenvalue weighted by Crippen LogP contribution is 2.37. The smallest absolute Gasteiger partial charge is 0.282 e. The second kappa shape index (κ2) is 9.70. The van der Waals surface area contributed by atoms with Gasteiger partial charge in [0.25, 0.3) is 11.8 Å². The predicted octanol–water partition coefficient (Wildman–Crippen LogP) is 3.74. The molecule has 1 fully saturated rings. The van der Waals surface area contributed by atoms with E-state index in [1.165, 1.54) is 6.07 Å². The molecular formula is C25H26F2N2O4. The minimum atomic E-state index is -1.14. The highest BCUT2D eigenvalue weighted by molar-refractivity contribution is 6.45. The number of ether oxygens (including phenoxy) is 1. The van der Waals surface area contributed by atoms with E-state index in [1.807, 2.05) is 11.8 Å². The fourth-order valence-corrected chi connectivity index (χ4v) is 4.29. The summed E-state index contributed by atoms with van der Waals surface area (Å²) in [6, 6.07) is 9.86. The molecule has 2 aromatic carbocycles. The third kappa shape index (κ3) is 4.48. The molecule has 0 saturated carbocycles. The summed E-state index contributed by atoms with van der Waals surface area (Å²) < 4.78 is 33.0. The molecule has 6 nitrogen and oxygen atoms in total. The molecule has 1 unspecified atom stereocenters. The normalized spacial score (nSPS) is 19.0. The first-order valence-corrected chi connectivity index (χ1v) is 11.1. The monoisotopic (exact) mass is 456 g/mol. The number of benzene rings is 2. The number of aliphatic hydroxyl groups excluding tert-OH is 1. The van der Waals surface area contributed by atoms with Gasteiger partial charge in [-0.25, -0.2) is 13.7 Å². The number of anilines is 1. The Balaban J connectivity index is 1.76. The van der Waals surface area contributed by atoms with Gasteiger partial charge < -0.3 is 14.7 Å². The van der Waals surface area contributed by atoms with Crippen LogP contribution in [0.1, 0.15) is 31.7 Å². The van der Waals surface area contributed by atoms with Crippen LogP contribution in [0.3, 0.4) is 0 Å². The third-order valence-corrected chi connectivity index (χ3v) is 5.93. The van der Waals surface area contributed by atoms with Crippen molar-refractivity contribution in [2.45, 2.75) is 26.2 Å². The first-order valence-electron chi connectivity index (χ1n) is 11.1. The Morgan fingerprint density at radius 3 is 2.48 bits per heavy atom. The molecule has 8 heteroatoms. The van der Waals surface area contributed by atoms with Crippen LogP contribution in [0.25, 0.3) is 5.57 Å². The maximum atomic E-state index is 13.9. The quantitative estimate of drug-likeness (QED) is 0.643. The van der Waals surface area contributed by atoms with Crippen molar-refractivity contribution >= 4 is 23.1 Å². The molecule has 1 atom stereocenters. The van der Waals surface area contributed by atoms with Crippen LogP contribution in [0.4, 0.5) is 14.5 Å². The number of piperidine rings is 1. The van der Waals surface area contributed by atoms with E-state index in [1.54, 1.807) is 24.3 Å². The molecule has 2 amide bonds. The number of amides is 2. The molecule has 2 heterocycles. The Kier molecular flexibility index (Phi) is 6.74. The Bertz CT molecular complexity index is 1080. The number of rotatable bonds is 7. The molecule has 2 aromatic rings. The maximum Gasteiger partial charge on any atom is 0.282 e. The minimum absolute atomic E-state index is 0.0162. The zero-order valence-electron chi connectivity index (χ0n) is 18.4. The zero-order chi connectivity index (χ0) is 23.5. The average molecular weight is 456 g/mol. The van der Waals surface area contributed by atoms with Crippen molar-refractivity contribution in [3.05, 3.63) is 65.4 Å². The molecule has 2 aliphatic heterocycles. The summed E-state index contributed by atoms with van der Waals surface area (Å²) in [5.41, 5.74) is 0.911. The van der Waals surface area contributed by atoms with Gasteiger partial charge in [-0.3, -0.25) is 9.59 Å². The molecule has 1 saturated heterocycles. The molecule has 1 N–H and O–H groups in total. The molecule has 0 aromatic heterocycles. The number of hydrogen-bond acceptors (Lipinski definition) is 5. The van der Waals surface area contributed by atoms with Gasteiger partial charge in [0.05, 0.1) is 17.9 Å². The molecule has 0 aliphatic carbocycles. The molecule has 0 bridgehead atoms. The van der Waals surface area contributed by atoms with Crippen LogP contribution in [0.5, 0.6) is 5.75 Å². The first-order chi connectivity index (χ1) is 15.9. The number of carbonyl (C=O) groups is 2. The molecule has 2 aliphatic rings. The van der Waals surface area contributed by atoms with Gasteiger partial charge in [0, 0.05) is 25.8 Å². The number of imide groups is 1. The fourth-order valence-electron chi connectivity index (χ4n) is 4.29. The van der Waals surface area contributed by atoms with E-state index in [0.29, 0.717) is 31.0 Å². The van der Waals surface area contributed by atoms with E-state index in [2.05, 4.69) is 0 Å². The van der Waals surface area contributed by atoms with Crippen LogP contribution in [0, 0.1) is 17.6 Å². The first kappa shape index (κ1) is 22.9. The highest BCUT2D eigenvalue weighted by atomic mass is 19.2. The van der Waals surface area contributed by atoms with Crippen molar-refractivity contribution in [1.82, 2.24) is 4.90 Å². The van der Waals surface area contributed by atoms with E-state index in [9.17, 15) is 23.5 Å². The second-order valence-corrected chi connectivity index (χ2v) is 8.28. The van der Waals surface area contributed by atoms with Crippen molar-refractivity contribution in [2.24, 2.45) is 5.92 Å². The lowest BCUT2D eigenvalue weighted by Crippen LogP contribution is -2.40. The lowest BCUT2D eigenvalue weighted by molar-refractivity contribution is -0.120. The van der Waals surface area contributed by atoms with Crippen LogP contribution in [0.15, 0.2) is 48.2 Å². The van der Waals surface area contributed by atoms with Crippen molar-refractivity contribution in [2.75, 3.05) is 31.2 Å². The van der Waals surface area contributed by atoms with Gasteiger partial charge in [-0.05, 0) is 55.0 Å². The summed E-state index contributed by atoms with van der Waals surface area (Å²) in [4.78, 5) is 29.7. The van der Waals surface area contributed by atoms with Gasteiger partial charge in [0.1, 0.15) is 11.4 Å². The Hall–Kier alpha value is -3.26. The molecule has 174 valence electrons. The number of carbonyl (C=O) groups excluding carboxylic acids is 2. The van der Waals surface area contributed by atoms with Crippen molar-refractivity contribution in [3.8, 4) is 5.75 Å². The molecule has 33 heavy (non-hydrogen) atoms. The summed E-state index contributed by atoms with van der Waals surface area (Å²) in [6.07, 6.45) is 2.45. The molecule has 0 spiro atoms. The third-order valence-electron chi connectivity index (χ3n) is 5.93. The number of aliphatic hydroxyl groups is 1. The fraction of sp³-hybridized carbons (Fsp3) is 0.360. The average Bonchev–Trinajstić information content (AvgIpc) is 3.09. The predicted molar refractivity (Wildman–Crippen MR) is 119 cm³/mol. The minimum Gasteiger partial charge on any atom is -0.494 e. The Labute approximate surface area is 191 Å². The topological polar surface area (TPSA) is 70.1 Å². The maximum absolute atomic E-state index is 13.9. The van der Waals surface area contributed by atoms with Crippen molar-refractivity contribution in [3.63, 3.8) is 0 Å². The van der Waals surface area contributed by atoms with Gasteiger partial charge in [-0.2, -0.15) is 0 Å². The van der Waals surface area contributed by atoms with Crippen LogP contribution in [-0.2, 0) is 9.59 Å². The van der Waals surface area contributed by atoms with Crippen LogP contribution >= 0.6 is 0 Å². The van der Waals surface area contributed by atoms with Gasteiger partial charge in [0.2, 0.25) is 0 Å². The lowest BCUT2D eigenvalue weighted by Gasteiger charge is -2.34. The number of hydrogen-bond donors (Lipinski definition) is 1. The molecule has 0 radical (unpaired) electrons. The summed E-state index contributed by atoms with van der Waals surface area (Å²) in [6.45, 7) is 3.53. The van der Waals surface area contributed by atoms with E-state index in [4.69, 9.17) is 4.74 Å². The van der Waals surface area contributed by atoms with E-state index in [0.717, 1.165) is 36.3 Å². The van der Waals surface area contributed by atoms with E-state index >= 15 is 0 Å². The summed E-state index contributed by atoms with van der Waals surface area (Å²) in [5, 5.41) is 9.64. The summed E-state index contributed by atoms with van der Waals surface area (Å²) in [5.74, 6) is -2.76. The van der Waals surface area contributed by atoms with E-state index < -0.39 is 23.4 Å². The standard InChI is InChI=1S/C25H26F2N2O4/c1-2-12-33-19-8-5-17(6-9-19)22-23(28-11-3-4-16(14-28)15-30)25(32)29(24(22)31)18-7-10-20(26)21(27)13-18/h5-10,13,16,30H,2-4,11-12,14-15H2,1H3. The van der Waals surface area contributed by atoms with Gasteiger partial charge in [-0.15, -0.1) is 0 Å². The number of likely N-dealkylation sites (tertiary alicyclic amines) is 1. The zero-order valence-corrected chi connectivity index (χ0v) is 18.4. The second-order valence-electron chi connectivity index (χ2n) is 8.28. The van der Waals surface area contributed by atoms with Crippen LogP contribution in [0.2, 0.25) is 0 Å². The largest absolute Gasteiger partial charge is 0.494 e. The molecular weight excluding hydrogens is 430 g/mol. The van der Waals surface area contributed by atoms with Crippen molar-refractivity contribution in [1.29, 1.82) is 0 Å². The SMILES string of the molecule is CCCOc1ccc(C2=C(N3CCCC(CO)C3)C(=O)N(c3ccc(F)c(F)c3)C2=O)cc1.